The Hall–Kier alpha value is -12.4. The molecule has 6 amide bonds. The fourth-order valence-electron chi connectivity index (χ4n) is 12.4. The highest BCUT2D eigenvalue weighted by atomic mass is 32.2. The molecule has 45 heteroatoms. The number of hydrogen-bond acceptors (Lipinski definition) is 21. The molecule has 0 bridgehead atoms. The van der Waals surface area contributed by atoms with E-state index in [1.54, 1.807) is 57.9 Å². The number of amides is 6. The van der Waals surface area contributed by atoms with Gasteiger partial charge in [0.2, 0.25) is 17.7 Å². The Kier molecular flexibility index (Phi) is 24.0. The van der Waals surface area contributed by atoms with E-state index in [1.807, 2.05) is 0 Å². The molecule has 3 N–H and O–H groups in total. The molecule has 0 aliphatic carbocycles. The number of fused-ring (bicyclic) bond motifs is 3. The second kappa shape index (κ2) is 34.3. The van der Waals surface area contributed by atoms with Crippen LogP contribution in [-0.4, -0.2) is 201 Å². The number of carbonyl (C=O) groups is 6. The molecule has 12 heterocycles. The summed E-state index contributed by atoms with van der Waals surface area (Å²) < 4.78 is 180. The van der Waals surface area contributed by atoms with E-state index in [9.17, 15) is 81.5 Å². The van der Waals surface area contributed by atoms with E-state index < -0.39 is 73.0 Å². The van der Waals surface area contributed by atoms with E-state index >= 15 is 0 Å². The summed E-state index contributed by atoms with van der Waals surface area (Å²) in [5, 5.41) is 33.6. The minimum absolute atomic E-state index is 0.0440. The molecule has 1 unspecified atom stereocenters. The van der Waals surface area contributed by atoms with E-state index in [-0.39, 0.29) is 169 Å². The monoisotopic (exact) mass is 1650 g/mol. The number of halogens is 12. The van der Waals surface area contributed by atoms with Gasteiger partial charge in [-0.3, -0.25) is 42.8 Å². The zero-order valence-electron chi connectivity index (χ0n) is 58.8. The van der Waals surface area contributed by atoms with Crippen LogP contribution in [0.25, 0.3) is 50.7 Å². The molecule has 3 aliphatic rings. The lowest BCUT2D eigenvalue weighted by atomic mass is 10.1. The molecule has 3 atom stereocenters. The van der Waals surface area contributed by atoms with Crippen molar-refractivity contribution < 1.29 is 95.7 Å². The predicted octanol–water partition coefficient (Wildman–Crippen LogP) is 12.5. The summed E-state index contributed by atoms with van der Waals surface area (Å²) in [6, 6.07) is 13.5. The van der Waals surface area contributed by atoms with Crippen LogP contribution in [0.3, 0.4) is 0 Å². The lowest BCUT2D eigenvalue weighted by Crippen LogP contribution is -2.24. The molecule has 9 aromatic heterocycles. The minimum Gasteiger partial charge on any atom is -0.434 e. The van der Waals surface area contributed by atoms with Crippen LogP contribution in [0.1, 0.15) is 68.5 Å². The molecule has 3 saturated heterocycles. The Balaban J connectivity index is 0.000000149. The molecule has 0 radical (unpaired) electrons. The summed E-state index contributed by atoms with van der Waals surface area (Å²) in [5.74, 6) is -11.9. The second-order valence-corrected chi connectivity index (χ2v) is 27.9. The van der Waals surface area contributed by atoms with E-state index in [2.05, 4.69) is 75.7 Å². The van der Waals surface area contributed by atoms with Gasteiger partial charge in [0, 0.05) is 109 Å². The number of alkyl halides is 12. The summed E-state index contributed by atoms with van der Waals surface area (Å²) in [7, 11) is 4.90. The summed E-state index contributed by atoms with van der Waals surface area (Å²) in [4.78, 5) is 94.8. The van der Waals surface area contributed by atoms with E-state index in [1.165, 1.54) is 134 Å². The number of nitrogens with one attached hydrogen (secondary N) is 3. The average molecular weight is 1650 g/mol. The summed E-state index contributed by atoms with van der Waals surface area (Å²) in [5.41, 5.74) is 0.961. The number of anilines is 3. The van der Waals surface area contributed by atoms with Gasteiger partial charge in [0.1, 0.15) is 69.1 Å². The quantitative estimate of drug-likeness (QED) is 0.0374. The highest BCUT2D eigenvalue weighted by molar-refractivity contribution is 8.00. The van der Waals surface area contributed by atoms with Crippen molar-refractivity contribution in [3.8, 4) is 51.0 Å². The fraction of sp³-hybridized carbons (Fsp3) is 0.261. The van der Waals surface area contributed by atoms with Gasteiger partial charge < -0.3 is 44.9 Å². The molecule has 15 rings (SSSR count). The third-order valence-electron chi connectivity index (χ3n) is 17.6. The number of carbonyl (C=O) groups excluding carboxylic acids is 6. The van der Waals surface area contributed by atoms with Crippen molar-refractivity contribution in [2.45, 2.75) is 89.2 Å². The number of nitrogens with zero attached hydrogens (tertiary/aromatic N) is 18. The van der Waals surface area contributed by atoms with Crippen LogP contribution >= 0.6 is 35.3 Å². The molecule has 0 spiro atoms. The fourth-order valence-corrected chi connectivity index (χ4v) is 14.0. The lowest BCUT2D eigenvalue weighted by Gasteiger charge is -2.13. The average Bonchev–Trinajstić information content (AvgIpc) is 1.60. The molecule has 3 aromatic carbocycles. The second-order valence-electron chi connectivity index (χ2n) is 24.8. The number of likely N-dealkylation sites (tertiary alicyclic amines) is 3. The van der Waals surface area contributed by atoms with E-state index in [0.717, 1.165) is 18.2 Å². The molecule has 0 saturated carbocycles. The Labute approximate surface area is 646 Å². The molecule has 3 aliphatic heterocycles. The van der Waals surface area contributed by atoms with Crippen molar-refractivity contribution in [1.82, 2.24) is 87.8 Å². The number of thioether (sulfide) groups is 3. The highest BCUT2D eigenvalue weighted by Crippen LogP contribution is 2.45. The number of benzene rings is 3. The maximum Gasteiger partial charge on any atom is 0.387 e. The Morgan fingerprint density at radius 3 is 0.930 bits per heavy atom. The Bertz CT molecular complexity index is 5060. The number of likely N-dealkylation sites (N-methyl/N-ethyl adjacent to an activating group) is 3. The smallest absolute Gasteiger partial charge is 0.387 e. The van der Waals surface area contributed by atoms with Gasteiger partial charge in [0.05, 0.1) is 54.2 Å². The third-order valence-corrected chi connectivity index (χ3v) is 19.7. The van der Waals surface area contributed by atoms with Crippen molar-refractivity contribution in [1.29, 1.82) is 0 Å². The zero-order chi connectivity index (χ0) is 80.9. The summed E-state index contributed by atoms with van der Waals surface area (Å²) >= 11 is 0.625. The van der Waals surface area contributed by atoms with Crippen LogP contribution in [0, 0.1) is 0 Å². The lowest BCUT2D eigenvalue weighted by molar-refractivity contribution is -0.130. The number of rotatable bonds is 24. The van der Waals surface area contributed by atoms with Gasteiger partial charge in [-0.2, -0.15) is 83.3 Å². The van der Waals surface area contributed by atoms with Gasteiger partial charge in [-0.1, -0.05) is 35.3 Å². The number of aromatic nitrogens is 15. The van der Waals surface area contributed by atoms with Gasteiger partial charge in [-0.05, 0) is 92.1 Å². The molecule has 30 nitrogen and oxygen atoms in total. The van der Waals surface area contributed by atoms with Gasteiger partial charge in [-0.15, -0.1) is 0 Å². The minimum atomic E-state index is -3.21. The predicted molar refractivity (Wildman–Crippen MR) is 385 cm³/mol. The first-order chi connectivity index (χ1) is 54.6. The SMILES string of the molecule is CN1CCC(n2cc(NC(=O)c3cnn4cccnc34)c(-c3cc(SC(F)F)ccc3OC(F)F)n2)C1=O.CN1CC[C@@H](n2cc(NC(=O)c3cnn4cccnc34)c(-c3cc(SC(F)F)ccc3OC(F)F)n2)C1=O.CN1CC[C@H](n2cc(NC(=O)c3cnn4cccnc34)c(-c3cc(SC(F)F)ccc3OC(F)F)n2)C1=O. The highest BCUT2D eigenvalue weighted by Gasteiger charge is 2.37. The van der Waals surface area contributed by atoms with Crippen molar-refractivity contribution in [3.05, 3.63) is 164 Å². The first-order valence-electron chi connectivity index (χ1n) is 33.6. The molecule has 12 aromatic rings. The first-order valence-corrected chi connectivity index (χ1v) is 36.2. The van der Waals surface area contributed by atoms with Crippen molar-refractivity contribution in [2.75, 3.05) is 56.7 Å². The molecular weight excluding hydrogens is 1590 g/mol. The third kappa shape index (κ3) is 17.7. The standard InChI is InChI=1S/3C23H19F4N7O3S/c3*1-32-8-5-16(21(32)36)34-11-15(30-20(35)14-10-29-33-7-2-6-28-19(14)33)18(31-34)13-9-12(38-23(26)27)3-4-17(13)37-22(24)25/h3*2-4,6-7,9-11,16,22-23H,5,8H2,1H3,(H,30,35)/t2*16-;/m10./s1. The maximum atomic E-state index is 13.2. The van der Waals surface area contributed by atoms with Crippen molar-refractivity contribution in [2.24, 2.45) is 0 Å². The van der Waals surface area contributed by atoms with Crippen molar-refractivity contribution >= 4 is 105 Å². The Morgan fingerprint density at radius 1 is 0.421 bits per heavy atom. The zero-order valence-corrected chi connectivity index (χ0v) is 61.2. The topological polar surface area (TPSA) is 320 Å². The molecule has 3 fully saturated rings. The molecule has 594 valence electrons. The first kappa shape index (κ1) is 79.7. The van der Waals surface area contributed by atoms with Gasteiger partial charge >= 0.3 is 19.8 Å². The van der Waals surface area contributed by atoms with Gasteiger partial charge in [0.15, 0.2) is 16.9 Å². The maximum absolute atomic E-state index is 13.2. The van der Waals surface area contributed by atoms with Crippen LogP contribution in [0.15, 0.2) is 162 Å². The number of ether oxygens (including phenoxy) is 3. The van der Waals surface area contributed by atoms with Crippen LogP contribution in [0.2, 0.25) is 0 Å². The number of hydrogen-bond donors (Lipinski definition) is 3. The Morgan fingerprint density at radius 2 is 0.693 bits per heavy atom. The molecule has 114 heavy (non-hydrogen) atoms. The van der Waals surface area contributed by atoms with Gasteiger partial charge in [-0.25, -0.2) is 28.5 Å². The summed E-state index contributed by atoms with van der Waals surface area (Å²) in [6.45, 7) is -8.23. The molecular formula is C69H57F12N21O9S3. The normalized spacial score (nSPS) is 15.7. The van der Waals surface area contributed by atoms with Crippen LogP contribution in [-0.2, 0) is 14.4 Å². The van der Waals surface area contributed by atoms with Crippen LogP contribution < -0.4 is 30.2 Å². The van der Waals surface area contributed by atoms with E-state index in [0.29, 0.717) is 38.9 Å². The van der Waals surface area contributed by atoms with Crippen LogP contribution in [0.4, 0.5) is 69.7 Å². The van der Waals surface area contributed by atoms with Crippen molar-refractivity contribution in [3.63, 3.8) is 0 Å². The summed E-state index contributed by atoms with van der Waals surface area (Å²) in [6.07, 6.45) is 18.6. The van der Waals surface area contributed by atoms with Crippen LogP contribution in [0.5, 0.6) is 17.2 Å². The van der Waals surface area contributed by atoms with E-state index in [4.69, 9.17) is 0 Å². The van der Waals surface area contributed by atoms with Gasteiger partial charge in [0.25, 0.3) is 35.0 Å². The largest absolute Gasteiger partial charge is 0.434 e.